The predicted octanol–water partition coefficient (Wildman–Crippen LogP) is 3.20. The molecule has 0 fully saturated rings. The van der Waals surface area contributed by atoms with Gasteiger partial charge in [-0.2, -0.15) is 0 Å². The molecule has 0 unspecified atom stereocenters. The van der Waals surface area contributed by atoms with E-state index in [0.29, 0.717) is 17.6 Å². The van der Waals surface area contributed by atoms with Crippen molar-refractivity contribution in [1.82, 2.24) is 15.0 Å². The number of rotatable bonds is 4. The van der Waals surface area contributed by atoms with Crippen LogP contribution in [0, 0.1) is 0 Å². The molecule has 0 amide bonds. The van der Waals surface area contributed by atoms with E-state index in [1.165, 1.54) is 4.88 Å². The Morgan fingerprint density at radius 1 is 1.35 bits per heavy atom. The second-order valence-electron chi connectivity index (χ2n) is 4.25. The van der Waals surface area contributed by atoms with Gasteiger partial charge < -0.3 is 5.11 Å². The van der Waals surface area contributed by atoms with Crippen LogP contribution in [0.5, 0.6) is 0 Å². The number of aromatic nitrogens is 3. The van der Waals surface area contributed by atoms with Crippen LogP contribution in [0.25, 0.3) is 11.0 Å². The van der Waals surface area contributed by atoms with E-state index in [1.807, 2.05) is 12.1 Å². The maximum Gasteiger partial charge on any atom is 0.337 e. The molecule has 0 aliphatic carbocycles. The number of hydrogen-bond acceptors (Lipinski definition) is 4. The minimum Gasteiger partial charge on any atom is -0.478 e. The van der Waals surface area contributed by atoms with Gasteiger partial charge in [0.1, 0.15) is 11.0 Å². The maximum absolute atomic E-state index is 11.3. The van der Waals surface area contributed by atoms with Gasteiger partial charge in [-0.15, -0.1) is 16.4 Å². The topological polar surface area (TPSA) is 68.0 Å². The Balaban J connectivity index is 1.93. The van der Waals surface area contributed by atoms with Gasteiger partial charge in [0.2, 0.25) is 0 Å². The van der Waals surface area contributed by atoms with Crippen molar-refractivity contribution in [1.29, 1.82) is 0 Å². The van der Waals surface area contributed by atoms with Crippen molar-refractivity contribution < 1.29 is 9.90 Å². The van der Waals surface area contributed by atoms with Crippen LogP contribution < -0.4 is 0 Å². The molecule has 0 radical (unpaired) electrons. The Bertz CT molecular complexity index is 781. The van der Waals surface area contributed by atoms with E-state index in [2.05, 4.69) is 26.2 Å². The molecule has 3 aromatic rings. The van der Waals surface area contributed by atoms with Gasteiger partial charge >= 0.3 is 5.97 Å². The molecule has 5 nitrogen and oxygen atoms in total. The SMILES string of the molecule is O=C(O)c1cccc2nnn(CCc3ccc(Br)s3)c12. The smallest absolute Gasteiger partial charge is 0.337 e. The van der Waals surface area contributed by atoms with Crippen molar-refractivity contribution in [2.75, 3.05) is 0 Å². The fourth-order valence-corrected chi connectivity index (χ4v) is 3.53. The van der Waals surface area contributed by atoms with E-state index < -0.39 is 5.97 Å². The van der Waals surface area contributed by atoms with E-state index >= 15 is 0 Å². The second-order valence-corrected chi connectivity index (χ2v) is 6.79. The first-order chi connectivity index (χ1) is 9.65. The zero-order valence-corrected chi connectivity index (χ0v) is 12.7. The first-order valence-corrected chi connectivity index (χ1v) is 7.56. The maximum atomic E-state index is 11.3. The first kappa shape index (κ1) is 13.3. The summed E-state index contributed by atoms with van der Waals surface area (Å²) in [5.74, 6) is -0.960. The normalized spacial score (nSPS) is 11.1. The third-order valence-electron chi connectivity index (χ3n) is 2.96. The molecule has 1 aromatic carbocycles. The number of carboxylic acid groups (broad SMARTS) is 1. The molecule has 3 rings (SSSR count). The molecule has 20 heavy (non-hydrogen) atoms. The molecule has 1 N–H and O–H groups in total. The van der Waals surface area contributed by atoms with Gasteiger partial charge in [0, 0.05) is 17.8 Å². The lowest BCUT2D eigenvalue weighted by Crippen LogP contribution is -2.06. The molecular weight excluding hydrogens is 342 g/mol. The number of aromatic carboxylic acids is 1. The summed E-state index contributed by atoms with van der Waals surface area (Å²) in [7, 11) is 0. The number of fused-ring (bicyclic) bond motifs is 1. The van der Waals surface area contributed by atoms with Gasteiger partial charge in [-0.3, -0.25) is 0 Å². The van der Waals surface area contributed by atoms with Crippen LogP contribution in [-0.4, -0.2) is 26.1 Å². The molecule has 7 heteroatoms. The van der Waals surface area contributed by atoms with E-state index in [9.17, 15) is 9.90 Å². The Hall–Kier alpha value is -1.73. The molecule has 2 aromatic heterocycles. The highest BCUT2D eigenvalue weighted by Gasteiger charge is 2.14. The highest BCUT2D eigenvalue weighted by atomic mass is 79.9. The summed E-state index contributed by atoms with van der Waals surface area (Å²) in [5.41, 5.74) is 1.42. The van der Waals surface area contributed by atoms with E-state index in [0.717, 1.165) is 10.2 Å². The number of halogens is 1. The fourth-order valence-electron chi connectivity index (χ4n) is 2.06. The average Bonchev–Trinajstić information content (AvgIpc) is 3.02. The summed E-state index contributed by atoms with van der Waals surface area (Å²) in [6, 6.07) is 9.08. The summed E-state index contributed by atoms with van der Waals surface area (Å²) >= 11 is 5.09. The van der Waals surface area contributed by atoms with Crippen LogP contribution in [0.1, 0.15) is 15.2 Å². The van der Waals surface area contributed by atoms with E-state index in [4.69, 9.17) is 0 Å². The highest BCUT2D eigenvalue weighted by Crippen LogP contribution is 2.23. The minimum atomic E-state index is -0.960. The summed E-state index contributed by atoms with van der Waals surface area (Å²) in [5, 5.41) is 17.3. The van der Waals surface area contributed by atoms with Crippen LogP contribution in [0.15, 0.2) is 34.1 Å². The number of para-hydroxylation sites is 1. The number of carboxylic acids is 1. The van der Waals surface area contributed by atoms with Crippen molar-refractivity contribution in [2.45, 2.75) is 13.0 Å². The largest absolute Gasteiger partial charge is 0.478 e. The monoisotopic (exact) mass is 351 g/mol. The summed E-state index contributed by atoms with van der Waals surface area (Å²) in [6.07, 6.45) is 0.794. The van der Waals surface area contributed by atoms with Gasteiger partial charge in [-0.05, 0) is 40.2 Å². The molecule has 2 heterocycles. The van der Waals surface area contributed by atoms with Crippen molar-refractivity contribution in [3.63, 3.8) is 0 Å². The fraction of sp³-hybridized carbons (Fsp3) is 0.154. The molecular formula is C13H10BrN3O2S. The quantitative estimate of drug-likeness (QED) is 0.783. The van der Waals surface area contributed by atoms with Crippen molar-refractivity contribution >= 4 is 44.3 Å². The van der Waals surface area contributed by atoms with Crippen LogP contribution in [0.4, 0.5) is 0 Å². The number of benzene rings is 1. The third kappa shape index (κ3) is 2.46. The molecule has 0 atom stereocenters. The zero-order valence-electron chi connectivity index (χ0n) is 10.3. The molecule has 0 aliphatic rings. The standard InChI is InChI=1S/C13H10BrN3O2S/c14-11-5-4-8(20-11)6-7-17-12-9(13(18)19)2-1-3-10(12)15-16-17/h1-5H,6-7H2,(H,18,19). The minimum absolute atomic E-state index is 0.236. The molecule has 0 spiro atoms. The van der Waals surface area contributed by atoms with E-state index in [1.54, 1.807) is 34.2 Å². The summed E-state index contributed by atoms with van der Waals surface area (Å²) in [6.45, 7) is 0.605. The number of hydrogen-bond donors (Lipinski definition) is 1. The third-order valence-corrected chi connectivity index (χ3v) is 4.65. The number of nitrogens with zero attached hydrogens (tertiary/aromatic N) is 3. The predicted molar refractivity (Wildman–Crippen MR) is 80.2 cm³/mol. The van der Waals surface area contributed by atoms with Crippen LogP contribution in [0.2, 0.25) is 0 Å². The van der Waals surface area contributed by atoms with Crippen LogP contribution in [0.3, 0.4) is 0 Å². The Kier molecular flexibility index (Phi) is 3.54. The van der Waals surface area contributed by atoms with Gasteiger partial charge in [0.15, 0.2) is 0 Å². The van der Waals surface area contributed by atoms with Crippen LogP contribution >= 0.6 is 27.3 Å². The van der Waals surface area contributed by atoms with Crippen molar-refractivity contribution in [3.05, 3.63) is 44.6 Å². The number of carbonyl (C=O) groups is 1. The molecule has 0 bridgehead atoms. The summed E-state index contributed by atoms with van der Waals surface area (Å²) in [4.78, 5) is 12.5. The lowest BCUT2D eigenvalue weighted by atomic mass is 10.2. The van der Waals surface area contributed by atoms with Crippen LogP contribution in [-0.2, 0) is 13.0 Å². The Morgan fingerprint density at radius 3 is 2.90 bits per heavy atom. The second kappa shape index (κ2) is 5.34. The molecule has 102 valence electrons. The first-order valence-electron chi connectivity index (χ1n) is 5.95. The lowest BCUT2D eigenvalue weighted by molar-refractivity contribution is 0.0698. The van der Waals surface area contributed by atoms with Crippen molar-refractivity contribution in [2.24, 2.45) is 0 Å². The highest BCUT2D eigenvalue weighted by molar-refractivity contribution is 9.11. The van der Waals surface area contributed by atoms with Gasteiger partial charge in [0.25, 0.3) is 0 Å². The van der Waals surface area contributed by atoms with Gasteiger partial charge in [-0.25, -0.2) is 9.48 Å². The zero-order chi connectivity index (χ0) is 14.1. The average molecular weight is 352 g/mol. The number of aryl methyl sites for hydroxylation is 2. The van der Waals surface area contributed by atoms with E-state index in [-0.39, 0.29) is 5.56 Å². The Morgan fingerprint density at radius 2 is 2.20 bits per heavy atom. The van der Waals surface area contributed by atoms with Gasteiger partial charge in [-0.1, -0.05) is 11.3 Å². The molecule has 0 aliphatic heterocycles. The Labute approximate surface area is 127 Å². The van der Waals surface area contributed by atoms with Crippen molar-refractivity contribution in [3.8, 4) is 0 Å². The number of thiophene rings is 1. The molecule has 0 saturated carbocycles. The molecule has 0 saturated heterocycles. The summed E-state index contributed by atoms with van der Waals surface area (Å²) < 4.78 is 2.74. The van der Waals surface area contributed by atoms with Gasteiger partial charge in [0.05, 0.1) is 9.35 Å². The lowest BCUT2D eigenvalue weighted by Gasteiger charge is -2.03.